The lowest BCUT2D eigenvalue weighted by atomic mass is 10.2. The van der Waals surface area contributed by atoms with E-state index in [-0.39, 0.29) is 26.1 Å². The number of esters is 1. The number of halogens is 1. The van der Waals surface area contributed by atoms with E-state index in [0.717, 1.165) is 41.6 Å². The zero-order chi connectivity index (χ0) is 21.5. The molecule has 0 fully saturated rings. The molecule has 1 aliphatic carbocycles. The van der Waals surface area contributed by atoms with Gasteiger partial charge in [-0.25, -0.2) is 9.97 Å². The molecule has 2 aromatic heterocycles. The second kappa shape index (κ2) is 10.6. The molecule has 3 rings (SSSR count). The van der Waals surface area contributed by atoms with Gasteiger partial charge < -0.3 is 14.6 Å². The number of nitrogens with zero attached hydrogens (tertiary/aromatic N) is 3. The van der Waals surface area contributed by atoms with Crippen LogP contribution in [0.3, 0.4) is 0 Å². The van der Waals surface area contributed by atoms with Gasteiger partial charge in [-0.2, -0.15) is 4.98 Å². The molecule has 10 heteroatoms. The van der Waals surface area contributed by atoms with Gasteiger partial charge in [-0.05, 0) is 44.2 Å². The number of fused-ring (bicyclic) bond motifs is 1. The first-order chi connectivity index (χ1) is 14.4. The first-order valence-corrected chi connectivity index (χ1v) is 10.9. The molecule has 0 radical (unpaired) electrons. The molecule has 2 heterocycles. The lowest BCUT2D eigenvalue weighted by Crippen LogP contribution is -2.13. The summed E-state index contributed by atoms with van der Waals surface area (Å²) in [7, 11) is 0. The van der Waals surface area contributed by atoms with Gasteiger partial charge in [0.25, 0.3) is 0 Å². The van der Waals surface area contributed by atoms with Crippen LogP contribution in [0.5, 0.6) is 5.88 Å². The Balaban J connectivity index is 1.60. The highest BCUT2D eigenvalue weighted by molar-refractivity contribution is 7.98. The summed E-state index contributed by atoms with van der Waals surface area (Å²) in [4.78, 5) is 35.4. The van der Waals surface area contributed by atoms with Crippen molar-refractivity contribution in [2.24, 2.45) is 0 Å². The van der Waals surface area contributed by atoms with Crippen molar-refractivity contribution in [1.82, 2.24) is 15.0 Å². The molecule has 30 heavy (non-hydrogen) atoms. The highest BCUT2D eigenvalue weighted by atomic mass is 35.5. The van der Waals surface area contributed by atoms with Crippen molar-refractivity contribution in [3.8, 4) is 5.88 Å². The summed E-state index contributed by atoms with van der Waals surface area (Å²) in [6.45, 7) is 1.71. The van der Waals surface area contributed by atoms with E-state index in [2.05, 4.69) is 15.0 Å². The number of carboxylic acids is 1. The second-order valence-electron chi connectivity index (χ2n) is 6.80. The third kappa shape index (κ3) is 6.06. The lowest BCUT2D eigenvalue weighted by molar-refractivity contribution is -0.150. The predicted octanol–water partition coefficient (Wildman–Crippen LogP) is 3.75. The minimum Gasteiger partial charge on any atom is -0.481 e. The van der Waals surface area contributed by atoms with E-state index >= 15 is 0 Å². The lowest BCUT2D eigenvalue weighted by Gasteiger charge is -2.12. The molecule has 1 N–H and O–H groups in total. The monoisotopic (exact) mass is 451 g/mol. The summed E-state index contributed by atoms with van der Waals surface area (Å²) in [5, 5.41) is 9.64. The van der Waals surface area contributed by atoms with Gasteiger partial charge in [0, 0.05) is 35.9 Å². The SMILES string of the molecule is Cc1ccnc(Cl)c1CSc1nc2c(c(OCOC(=O)CCCC(=O)O)n1)CCC2. The van der Waals surface area contributed by atoms with Gasteiger partial charge in [0.1, 0.15) is 5.15 Å². The number of aryl methyl sites for hydroxylation is 2. The number of thioether (sulfide) groups is 1. The average Bonchev–Trinajstić information content (AvgIpc) is 3.16. The summed E-state index contributed by atoms with van der Waals surface area (Å²) in [6.07, 6.45) is 4.50. The van der Waals surface area contributed by atoms with Gasteiger partial charge in [-0.1, -0.05) is 23.4 Å². The van der Waals surface area contributed by atoms with Crippen molar-refractivity contribution >= 4 is 35.3 Å². The summed E-state index contributed by atoms with van der Waals surface area (Å²) in [6, 6.07) is 1.91. The van der Waals surface area contributed by atoms with Gasteiger partial charge >= 0.3 is 11.9 Å². The van der Waals surface area contributed by atoms with Crippen molar-refractivity contribution < 1.29 is 24.2 Å². The van der Waals surface area contributed by atoms with Gasteiger partial charge in [0.2, 0.25) is 12.7 Å². The number of hydrogen-bond acceptors (Lipinski definition) is 8. The van der Waals surface area contributed by atoms with Crippen LogP contribution in [0.1, 0.15) is 48.1 Å². The zero-order valence-corrected chi connectivity index (χ0v) is 18.1. The summed E-state index contributed by atoms with van der Waals surface area (Å²) in [5.74, 6) is -0.441. The molecule has 0 atom stereocenters. The number of aromatic nitrogens is 3. The maximum atomic E-state index is 11.7. The molecule has 8 nitrogen and oxygen atoms in total. The first-order valence-electron chi connectivity index (χ1n) is 9.57. The van der Waals surface area contributed by atoms with Crippen LogP contribution >= 0.6 is 23.4 Å². The molecule has 0 amide bonds. The Labute approximate surface area is 183 Å². The third-order valence-electron chi connectivity index (χ3n) is 4.64. The van der Waals surface area contributed by atoms with Gasteiger partial charge in [-0.15, -0.1) is 0 Å². The number of carbonyl (C=O) groups is 2. The fourth-order valence-electron chi connectivity index (χ4n) is 3.03. The number of carbonyl (C=O) groups excluding carboxylic acids is 1. The number of pyridine rings is 1. The fraction of sp³-hybridized carbons (Fsp3) is 0.450. The van der Waals surface area contributed by atoms with Crippen molar-refractivity contribution in [2.75, 3.05) is 6.79 Å². The summed E-state index contributed by atoms with van der Waals surface area (Å²) in [5.41, 5.74) is 3.88. The van der Waals surface area contributed by atoms with Crippen LogP contribution in [-0.2, 0) is 32.9 Å². The standard InChI is InChI=1S/C20H22ClN3O5S/c1-12-8-9-22-18(21)14(12)10-30-20-23-15-5-2-4-13(15)19(24-20)29-11-28-17(27)7-3-6-16(25)26/h8-9H,2-7,10-11H2,1H3,(H,25,26). The van der Waals surface area contributed by atoms with Crippen LogP contribution in [0.2, 0.25) is 5.15 Å². The Morgan fingerprint density at radius 1 is 1.27 bits per heavy atom. The van der Waals surface area contributed by atoms with E-state index in [4.69, 9.17) is 26.2 Å². The van der Waals surface area contributed by atoms with Gasteiger partial charge in [-0.3, -0.25) is 9.59 Å². The van der Waals surface area contributed by atoms with Crippen molar-refractivity contribution in [1.29, 1.82) is 0 Å². The number of rotatable bonds is 10. The third-order valence-corrected chi connectivity index (χ3v) is 5.84. The molecule has 0 spiro atoms. The Hall–Kier alpha value is -2.39. The van der Waals surface area contributed by atoms with Crippen molar-refractivity contribution in [3.63, 3.8) is 0 Å². The second-order valence-corrected chi connectivity index (χ2v) is 8.10. The molecule has 160 valence electrons. The van der Waals surface area contributed by atoms with Crippen LogP contribution in [0, 0.1) is 6.92 Å². The molecule has 0 saturated carbocycles. The summed E-state index contributed by atoms with van der Waals surface area (Å²) >= 11 is 7.65. The Morgan fingerprint density at radius 3 is 2.87 bits per heavy atom. The number of hydrogen-bond donors (Lipinski definition) is 1. The van der Waals surface area contributed by atoms with Crippen molar-refractivity contribution in [3.05, 3.63) is 39.8 Å². The number of carboxylic acid groups (broad SMARTS) is 1. The van der Waals surface area contributed by atoms with Gasteiger partial charge in [0.05, 0.1) is 5.69 Å². The van der Waals surface area contributed by atoms with Crippen LogP contribution in [-0.4, -0.2) is 38.8 Å². The zero-order valence-electron chi connectivity index (χ0n) is 16.5. The predicted molar refractivity (Wildman–Crippen MR) is 111 cm³/mol. The van der Waals surface area contributed by atoms with E-state index in [1.54, 1.807) is 6.20 Å². The van der Waals surface area contributed by atoms with E-state index in [9.17, 15) is 9.59 Å². The van der Waals surface area contributed by atoms with E-state index in [0.29, 0.717) is 21.9 Å². The molecule has 0 saturated heterocycles. The fourth-order valence-corrected chi connectivity index (χ4v) is 4.34. The first kappa shape index (κ1) is 22.3. The van der Waals surface area contributed by atoms with Crippen molar-refractivity contribution in [2.45, 2.75) is 56.4 Å². The average molecular weight is 452 g/mol. The highest BCUT2D eigenvalue weighted by Crippen LogP contribution is 2.32. The van der Waals surface area contributed by atoms with E-state index in [1.165, 1.54) is 11.8 Å². The molecule has 2 aromatic rings. The smallest absolute Gasteiger partial charge is 0.308 e. The molecule has 0 aliphatic heterocycles. The Kier molecular flexibility index (Phi) is 7.87. The molecule has 0 aromatic carbocycles. The highest BCUT2D eigenvalue weighted by Gasteiger charge is 2.21. The number of aliphatic carboxylic acids is 1. The maximum Gasteiger partial charge on any atom is 0.308 e. The minimum absolute atomic E-state index is 0.0316. The molecular formula is C20H22ClN3O5S. The number of ether oxygens (including phenoxy) is 2. The molecule has 1 aliphatic rings. The normalized spacial score (nSPS) is 12.5. The Morgan fingerprint density at radius 2 is 2.10 bits per heavy atom. The minimum atomic E-state index is -0.941. The molecule has 0 bridgehead atoms. The van der Waals surface area contributed by atoms with Gasteiger partial charge in [0.15, 0.2) is 5.16 Å². The van der Waals surface area contributed by atoms with Crippen LogP contribution in [0.25, 0.3) is 0 Å². The largest absolute Gasteiger partial charge is 0.481 e. The summed E-state index contributed by atoms with van der Waals surface area (Å²) < 4.78 is 10.7. The van der Waals surface area contributed by atoms with E-state index in [1.807, 2.05) is 13.0 Å². The molecular weight excluding hydrogens is 430 g/mol. The van der Waals surface area contributed by atoms with Crippen LogP contribution < -0.4 is 4.74 Å². The Bertz CT molecular complexity index is 921. The van der Waals surface area contributed by atoms with Crippen LogP contribution in [0.15, 0.2) is 17.4 Å². The van der Waals surface area contributed by atoms with E-state index < -0.39 is 11.9 Å². The molecule has 0 unspecified atom stereocenters. The topological polar surface area (TPSA) is 112 Å². The maximum absolute atomic E-state index is 11.7. The quantitative estimate of drug-likeness (QED) is 0.190. The van der Waals surface area contributed by atoms with Crippen LogP contribution in [0.4, 0.5) is 0 Å².